The van der Waals surface area contributed by atoms with E-state index in [4.69, 9.17) is 4.74 Å². The summed E-state index contributed by atoms with van der Waals surface area (Å²) in [5, 5.41) is 0. The summed E-state index contributed by atoms with van der Waals surface area (Å²) in [6.07, 6.45) is -1.46. The number of sulfone groups is 1. The first-order valence-corrected chi connectivity index (χ1v) is 10.4. The third-order valence-corrected chi connectivity index (χ3v) is 5.79. The summed E-state index contributed by atoms with van der Waals surface area (Å²) in [6, 6.07) is 13.3. The van der Waals surface area contributed by atoms with E-state index < -0.39 is 45.8 Å². The van der Waals surface area contributed by atoms with E-state index >= 15 is 0 Å². The van der Waals surface area contributed by atoms with Gasteiger partial charge in [0.25, 0.3) is 5.91 Å². The third kappa shape index (κ3) is 5.63. The lowest BCUT2D eigenvalue weighted by molar-refractivity contribution is -0.153. The lowest BCUT2D eigenvalue weighted by Gasteiger charge is -2.24. The first-order valence-electron chi connectivity index (χ1n) is 8.79. The lowest BCUT2D eigenvalue weighted by Crippen LogP contribution is -2.40. The van der Waals surface area contributed by atoms with Crippen LogP contribution in [-0.2, 0) is 24.2 Å². The molecule has 0 saturated heterocycles. The Bertz CT molecular complexity index is 913. The molecule has 0 aliphatic heterocycles. The van der Waals surface area contributed by atoms with E-state index in [9.17, 15) is 22.4 Å². The van der Waals surface area contributed by atoms with E-state index in [1.165, 1.54) is 11.8 Å². The number of halogens is 1. The van der Waals surface area contributed by atoms with Gasteiger partial charge in [-0.05, 0) is 50.2 Å². The van der Waals surface area contributed by atoms with Crippen molar-refractivity contribution in [2.45, 2.75) is 31.3 Å². The molecule has 2 aromatic carbocycles. The van der Waals surface area contributed by atoms with Crippen LogP contribution in [0.1, 0.15) is 20.3 Å². The second-order valence-electron chi connectivity index (χ2n) is 6.07. The number of hydrogen-bond acceptors (Lipinski definition) is 5. The van der Waals surface area contributed by atoms with Gasteiger partial charge in [-0.1, -0.05) is 18.2 Å². The predicted octanol–water partition coefficient (Wildman–Crippen LogP) is 2.97. The summed E-state index contributed by atoms with van der Waals surface area (Å²) in [4.78, 5) is 26.0. The number of carbonyl (C=O) groups is 2. The van der Waals surface area contributed by atoms with E-state index in [1.807, 2.05) is 6.07 Å². The summed E-state index contributed by atoms with van der Waals surface area (Å²) in [6.45, 7) is 3.64. The monoisotopic (exact) mass is 407 g/mol. The fourth-order valence-corrected chi connectivity index (χ4v) is 3.80. The number of esters is 1. The molecule has 2 rings (SSSR count). The van der Waals surface area contributed by atoms with Crippen LogP contribution in [0.15, 0.2) is 59.5 Å². The molecule has 8 heteroatoms. The topological polar surface area (TPSA) is 80.8 Å². The molecule has 1 atom stereocenters. The highest BCUT2D eigenvalue weighted by Crippen LogP contribution is 2.16. The Hall–Kier alpha value is -2.74. The van der Waals surface area contributed by atoms with Crippen LogP contribution in [0.5, 0.6) is 0 Å². The molecule has 28 heavy (non-hydrogen) atoms. The molecule has 0 aromatic heterocycles. The molecule has 0 saturated carbocycles. The first kappa shape index (κ1) is 21.6. The van der Waals surface area contributed by atoms with Crippen molar-refractivity contribution in [2.24, 2.45) is 0 Å². The molecule has 2 aromatic rings. The zero-order chi connectivity index (χ0) is 20.7. The minimum Gasteiger partial charge on any atom is -0.452 e. The van der Waals surface area contributed by atoms with Gasteiger partial charge in [0.05, 0.1) is 17.1 Å². The van der Waals surface area contributed by atoms with Crippen LogP contribution < -0.4 is 4.90 Å². The van der Waals surface area contributed by atoms with E-state index in [-0.39, 0.29) is 4.90 Å². The number of amides is 1. The van der Waals surface area contributed by atoms with Crippen molar-refractivity contribution in [3.8, 4) is 0 Å². The lowest BCUT2D eigenvalue weighted by atomic mass is 10.2. The molecule has 0 bridgehead atoms. The maximum absolute atomic E-state index is 12.9. The Morgan fingerprint density at radius 1 is 1.07 bits per heavy atom. The van der Waals surface area contributed by atoms with E-state index in [0.717, 1.165) is 24.3 Å². The highest BCUT2D eigenvalue weighted by Gasteiger charge is 2.25. The molecule has 0 aliphatic carbocycles. The number of carbonyl (C=O) groups excluding carboxylic acids is 2. The largest absolute Gasteiger partial charge is 0.452 e. The van der Waals surface area contributed by atoms with Crippen LogP contribution in [0.4, 0.5) is 10.1 Å². The number of ether oxygens (including phenoxy) is 1. The Labute approximate surface area is 163 Å². The highest BCUT2D eigenvalue weighted by molar-refractivity contribution is 7.91. The van der Waals surface area contributed by atoms with Crippen LogP contribution in [0.3, 0.4) is 0 Å². The number of nitrogens with zero attached hydrogens (tertiary/aromatic N) is 1. The van der Waals surface area contributed by atoms with Gasteiger partial charge in [0, 0.05) is 12.2 Å². The highest BCUT2D eigenvalue weighted by atomic mass is 32.2. The minimum atomic E-state index is -3.75. The zero-order valence-corrected chi connectivity index (χ0v) is 16.5. The number of rotatable bonds is 8. The second-order valence-corrected chi connectivity index (χ2v) is 8.18. The molecule has 0 spiro atoms. The summed E-state index contributed by atoms with van der Waals surface area (Å²) < 4.78 is 42.4. The molecule has 0 heterocycles. The van der Waals surface area contributed by atoms with Gasteiger partial charge < -0.3 is 9.64 Å². The molecule has 0 N–H and O–H groups in total. The molecule has 0 radical (unpaired) electrons. The third-order valence-electron chi connectivity index (χ3n) is 4.05. The van der Waals surface area contributed by atoms with Crippen molar-refractivity contribution in [2.75, 3.05) is 17.2 Å². The van der Waals surface area contributed by atoms with Crippen LogP contribution >= 0.6 is 0 Å². The summed E-state index contributed by atoms with van der Waals surface area (Å²) in [5.74, 6) is -2.24. The number of para-hydroxylation sites is 1. The van der Waals surface area contributed by atoms with Gasteiger partial charge >= 0.3 is 5.97 Å². The van der Waals surface area contributed by atoms with Gasteiger partial charge in [0.15, 0.2) is 15.9 Å². The Balaban J connectivity index is 1.94. The molecule has 0 aliphatic rings. The second kappa shape index (κ2) is 9.45. The summed E-state index contributed by atoms with van der Waals surface area (Å²) in [7, 11) is -3.75. The standard InChI is InChI=1S/C20H22FNO5S/c1-3-22(17-7-5-4-6-8-17)20(24)15(2)27-19(23)13-14-28(25,26)18-11-9-16(21)10-12-18/h4-12,15H,3,13-14H2,1-2H3/t15-/m0/s1. The van der Waals surface area contributed by atoms with Gasteiger partial charge in [-0.3, -0.25) is 9.59 Å². The average molecular weight is 407 g/mol. The van der Waals surface area contributed by atoms with Gasteiger partial charge in [-0.15, -0.1) is 0 Å². The van der Waals surface area contributed by atoms with E-state index in [0.29, 0.717) is 12.2 Å². The Morgan fingerprint density at radius 3 is 2.25 bits per heavy atom. The SMILES string of the molecule is CCN(C(=O)[C@H](C)OC(=O)CCS(=O)(=O)c1ccc(F)cc1)c1ccccc1. The van der Waals surface area contributed by atoms with Crippen molar-refractivity contribution in [1.82, 2.24) is 0 Å². The van der Waals surface area contributed by atoms with Crippen molar-refractivity contribution in [3.63, 3.8) is 0 Å². The van der Waals surface area contributed by atoms with Crippen molar-refractivity contribution in [3.05, 3.63) is 60.4 Å². The Morgan fingerprint density at radius 2 is 1.68 bits per heavy atom. The van der Waals surface area contributed by atoms with Gasteiger partial charge in [0.2, 0.25) is 0 Å². The predicted molar refractivity (Wildman–Crippen MR) is 103 cm³/mol. The minimum absolute atomic E-state index is 0.0768. The van der Waals surface area contributed by atoms with E-state index in [2.05, 4.69) is 0 Å². The van der Waals surface area contributed by atoms with E-state index in [1.54, 1.807) is 31.2 Å². The molecule has 150 valence electrons. The molecule has 6 nitrogen and oxygen atoms in total. The summed E-state index contributed by atoms with van der Waals surface area (Å²) >= 11 is 0. The van der Waals surface area contributed by atoms with Crippen LogP contribution in [0.25, 0.3) is 0 Å². The normalized spacial score (nSPS) is 12.2. The van der Waals surface area contributed by atoms with Crippen LogP contribution in [0.2, 0.25) is 0 Å². The maximum atomic E-state index is 12.9. The average Bonchev–Trinajstić information content (AvgIpc) is 2.68. The fraction of sp³-hybridized carbons (Fsp3) is 0.300. The zero-order valence-electron chi connectivity index (χ0n) is 15.7. The van der Waals surface area contributed by atoms with Crippen molar-refractivity contribution >= 4 is 27.4 Å². The first-order chi connectivity index (χ1) is 13.2. The van der Waals surface area contributed by atoms with Gasteiger partial charge in [-0.2, -0.15) is 0 Å². The maximum Gasteiger partial charge on any atom is 0.307 e. The van der Waals surface area contributed by atoms with Gasteiger partial charge in [0.1, 0.15) is 5.82 Å². The number of hydrogen-bond donors (Lipinski definition) is 0. The fourth-order valence-electron chi connectivity index (χ4n) is 2.58. The Kier molecular flexibility index (Phi) is 7.28. The molecule has 0 fully saturated rings. The molecule has 1 amide bonds. The molecular formula is C20H22FNO5S. The summed E-state index contributed by atoms with van der Waals surface area (Å²) in [5.41, 5.74) is 0.678. The molecular weight excluding hydrogens is 385 g/mol. The number of anilines is 1. The molecule has 0 unspecified atom stereocenters. The smallest absolute Gasteiger partial charge is 0.307 e. The van der Waals surface area contributed by atoms with Gasteiger partial charge in [-0.25, -0.2) is 12.8 Å². The van der Waals surface area contributed by atoms with Crippen LogP contribution in [0, 0.1) is 5.82 Å². The number of benzene rings is 2. The van der Waals surface area contributed by atoms with Crippen molar-refractivity contribution in [1.29, 1.82) is 0 Å². The van der Waals surface area contributed by atoms with Crippen molar-refractivity contribution < 1.29 is 27.1 Å². The quantitative estimate of drug-likeness (QED) is 0.496. The van der Waals surface area contributed by atoms with Crippen LogP contribution in [-0.4, -0.2) is 38.7 Å². The number of likely N-dealkylation sites (N-methyl/N-ethyl adjacent to an activating group) is 1.